The molecule has 0 aliphatic carbocycles. The van der Waals surface area contributed by atoms with Gasteiger partial charge in [-0.2, -0.15) is 0 Å². The highest BCUT2D eigenvalue weighted by molar-refractivity contribution is 8.00. The molecule has 2 amide bonds. The third kappa shape index (κ3) is 6.83. The van der Waals surface area contributed by atoms with Crippen molar-refractivity contribution in [2.45, 2.75) is 37.1 Å². The third-order valence-corrected chi connectivity index (χ3v) is 6.23. The molecule has 0 radical (unpaired) electrons. The van der Waals surface area contributed by atoms with Gasteiger partial charge in [0.05, 0.1) is 5.75 Å². The summed E-state index contributed by atoms with van der Waals surface area (Å²) >= 11 is 1.54. The molecule has 1 heterocycles. The van der Waals surface area contributed by atoms with E-state index in [1.807, 2.05) is 35.2 Å². The Kier molecular flexibility index (Phi) is 8.25. The second-order valence-electron chi connectivity index (χ2n) is 7.51. The van der Waals surface area contributed by atoms with E-state index in [-0.39, 0.29) is 18.4 Å². The van der Waals surface area contributed by atoms with E-state index in [1.165, 1.54) is 6.07 Å². The molecule has 0 saturated carbocycles. The van der Waals surface area contributed by atoms with Gasteiger partial charge in [-0.3, -0.25) is 9.59 Å². The molecule has 7 heteroatoms. The largest absolute Gasteiger partial charge is 0.352 e. The fourth-order valence-electron chi connectivity index (χ4n) is 3.55. The summed E-state index contributed by atoms with van der Waals surface area (Å²) < 4.78 is 26.2. The number of halogens is 2. The van der Waals surface area contributed by atoms with Gasteiger partial charge in [0, 0.05) is 31.0 Å². The van der Waals surface area contributed by atoms with Gasteiger partial charge in [-0.1, -0.05) is 24.3 Å². The number of nitrogens with zero attached hydrogens (tertiary/aromatic N) is 1. The van der Waals surface area contributed by atoms with Crippen LogP contribution in [0.4, 0.5) is 8.78 Å². The van der Waals surface area contributed by atoms with E-state index < -0.39 is 11.6 Å². The van der Waals surface area contributed by atoms with Crippen LogP contribution in [0, 0.1) is 17.6 Å². The Balaban J connectivity index is 1.38. The molecule has 2 aromatic carbocycles. The van der Waals surface area contributed by atoms with Crippen molar-refractivity contribution in [1.82, 2.24) is 10.2 Å². The monoisotopic (exact) mass is 432 g/mol. The van der Waals surface area contributed by atoms with Crippen LogP contribution in [0.25, 0.3) is 0 Å². The second kappa shape index (κ2) is 11.1. The minimum atomic E-state index is -0.917. The topological polar surface area (TPSA) is 49.4 Å². The lowest BCUT2D eigenvalue weighted by Gasteiger charge is -2.32. The van der Waals surface area contributed by atoms with Crippen LogP contribution in [0.3, 0.4) is 0 Å². The zero-order valence-electron chi connectivity index (χ0n) is 16.8. The van der Waals surface area contributed by atoms with Crippen LogP contribution in [0.1, 0.15) is 31.2 Å². The van der Waals surface area contributed by atoms with Gasteiger partial charge in [0.1, 0.15) is 0 Å². The molecule has 1 fully saturated rings. The van der Waals surface area contributed by atoms with E-state index in [1.54, 1.807) is 11.8 Å². The quantitative estimate of drug-likeness (QED) is 0.630. The molecule has 0 aromatic heterocycles. The van der Waals surface area contributed by atoms with E-state index >= 15 is 0 Å². The summed E-state index contributed by atoms with van der Waals surface area (Å²) in [5.41, 5.74) is 0.521. The van der Waals surface area contributed by atoms with E-state index in [0.717, 1.165) is 36.4 Å². The van der Waals surface area contributed by atoms with Gasteiger partial charge < -0.3 is 10.2 Å². The molecule has 0 unspecified atom stereocenters. The van der Waals surface area contributed by atoms with Crippen molar-refractivity contribution in [3.8, 4) is 0 Å². The van der Waals surface area contributed by atoms with Crippen molar-refractivity contribution in [2.75, 3.05) is 18.8 Å². The van der Waals surface area contributed by atoms with Crippen LogP contribution < -0.4 is 5.32 Å². The van der Waals surface area contributed by atoms with Crippen molar-refractivity contribution in [3.05, 3.63) is 65.7 Å². The number of hydrogen-bond donors (Lipinski definition) is 1. The average molecular weight is 433 g/mol. The van der Waals surface area contributed by atoms with Gasteiger partial charge in [-0.25, -0.2) is 8.78 Å². The van der Waals surface area contributed by atoms with Crippen molar-refractivity contribution >= 4 is 23.6 Å². The highest BCUT2D eigenvalue weighted by atomic mass is 32.2. The first-order chi connectivity index (χ1) is 14.5. The van der Waals surface area contributed by atoms with Crippen molar-refractivity contribution < 1.29 is 18.4 Å². The van der Waals surface area contributed by atoms with Gasteiger partial charge in [0.25, 0.3) is 0 Å². The van der Waals surface area contributed by atoms with Gasteiger partial charge in [0.2, 0.25) is 11.8 Å². The van der Waals surface area contributed by atoms with Crippen molar-refractivity contribution in [2.24, 2.45) is 5.92 Å². The van der Waals surface area contributed by atoms with Crippen LogP contribution >= 0.6 is 11.8 Å². The molecule has 1 aliphatic rings. The lowest BCUT2D eigenvalue weighted by Crippen LogP contribution is -2.41. The molecule has 4 nitrogen and oxygen atoms in total. The molecule has 0 bridgehead atoms. The first-order valence-corrected chi connectivity index (χ1v) is 11.2. The predicted octanol–water partition coefficient (Wildman–Crippen LogP) is 4.39. The van der Waals surface area contributed by atoms with Gasteiger partial charge in [0.15, 0.2) is 11.6 Å². The second-order valence-corrected chi connectivity index (χ2v) is 8.56. The Bertz CT molecular complexity index is 864. The number of nitrogens with one attached hydrogen (secondary N) is 1. The molecule has 3 rings (SSSR count). The summed E-state index contributed by atoms with van der Waals surface area (Å²) in [4.78, 5) is 27.6. The number of benzene rings is 2. The van der Waals surface area contributed by atoms with Gasteiger partial charge in [-0.15, -0.1) is 11.8 Å². The SMILES string of the molecule is O=C(CC[C@H]1CCCN(C(=O)CSc2ccccc2)C1)NCc1ccc(F)c(F)c1. The number of hydrogen-bond acceptors (Lipinski definition) is 3. The summed E-state index contributed by atoms with van der Waals surface area (Å²) in [5, 5.41) is 2.75. The normalized spacial score (nSPS) is 16.3. The standard InChI is InChI=1S/C23H26F2N2O2S/c24-20-10-8-18(13-21(20)25)14-26-22(28)11-9-17-5-4-12-27(15-17)23(29)16-30-19-6-2-1-3-7-19/h1-3,6-8,10,13,17H,4-5,9,11-12,14-16H2,(H,26,28)/t17-/m1/s1. The Labute approximate surface area is 180 Å². The molecule has 30 heavy (non-hydrogen) atoms. The number of piperidine rings is 1. The molecule has 160 valence electrons. The summed E-state index contributed by atoms with van der Waals surface area (Å²) in [6, 6.07) is 13.5. The van der Waals surface area contributed by atoms with Crippen LogP contribution in [-0.2, 0) is 16.1 Å². The van der Waals surface area contributed by atoms with E-state index in [0.29, 0.717) is 36.6 Å². The minimum Gasteiger partial charge on any atom is -0.352 e. The lowest BCUT2D eigenvalue weighted by atomic mass is 9.93. The van der Waals surface area contributed by atoms with E-state index in [9.17, 15) is 18.4 Å². The number of likely N-dealkylation sites (tertiary alicyclic amines) is 1. The van der Waals surface area contributed by atoms with Crippen molar-refractivity contribution in [3.63, 3.8) is 0 Å². The van der Waals surface area contributed by atoms with Gasteiger partial charge in [-0.05, 0) is 55.0 Å². The fraction of sp³-hybridized carbons (Fsp3) is 0.391. The first-order valence-electron chi connectivity index (χ1n) is 10.2. The summed E-state index contributed by atoms with van der Waals surface area (Å²) in [7, 11) is 0. The molecule has 2 aromatic rings. The highest BCUT2D eigenvalue weighted by Crippen LogP contribution is 2.23. The van der Waals surface area contributed by atoms with Crippen LogP contribution in [0.2, 0.25) is 0 Å². The number of thioether (sulfide) groups is 1. The first kappa shape index (κ1) is 22.3. The Hall–Kier alpha value is -2.41. The average Bonchev–Trinajstić information content (AvgIpc) is 2.77. The third-order valence-electron chi connectivity index (χ3n) is 5.23. The molecule has 1 N–H and O–H groups in total. The maximum Gasteiger partial charge on any atom is 0.232 e. The lowest BCUT2D eigenvalue weighted by molar-refractivity contribution is -0.130. The van der Waals surface area contributed by atoms with Crippen LogP contribution in [-0.4, -0.2) is 35.6 Å². The predicted molar refractivity (Wildman–Crippen MR) is 114 cm³/mol. The fourth-order valence-corrected chi connectivity index (χ4v) is 4.38. The zero-order valence-corrected chi connectivity index (χ0v) is 17.6. The van der Waals surface area contributed by atoms with Crippen molar-refractivity contribution in [1.29, 1.82) is 0 Å². The smallest absolute Gasteiger partial charge is 0.232 e. The van der Waals surface area contributed by atoms with Gasteiger partial charge >= 0.3 is 0 Å². The molecular formula is C23H26F2N2O2S. The maximum absolute atomic E-state index is 13.2. The molecule has 1 atom stereocenters. The number of carbonyl (C=O) groups excluding carboxylic acids is 2. The molecule has 0 spiro atoms. The van der Waals surface area contributed by atoms with E-state index in [2.05, 4.69) is 5.32 Å². The number of carbonyl (C=O) groups is 2. The molecule has 1 saturated heterocycles. The Morgan fingerprint density at radius 1 is 1.10 bits per heavy atom. The van der Waals surface area contributed by atoms with Crippen LogP contribution in [0.15, 0.2) is 53.4 Å². The molecule has 1 aliphatic heterocycles. The summed E-state index contributed by atoms with van der Waals surface area (Å²) in [6.45, 7) is 1.62. The highest BCUT2D eigenvalue weighted by Gasteiger charge is 2.24. The minimum absolute atomic E-state index is 0.122. The zero-order chi connectivity index (χ0) is 21.3. The van der Waals surface area contributed by atoms with E-state index in [4.69, 9.17) is 0 Å². The summed E-state index contributed by atoms with van der Waals surface area (Å²) in [5.74, 6) is -1.08. The molecular weight excluding hydrogens is 406 g/mol. The van der Waals surface area contributed by atoms with Crippen LogP contribution in [0.5, 0.6) is 0 Å². The Morgan fingerprint density at radius 2 is 1.90 bits per heavy atom. The summed E-state index contributed by atoms with van der Waals surface area (Å²) in [6.07, 6.45) is 3.02. The number of amides is 2. The number of rotatable bonds is 8. The Morgan fingerprint density at radius 3 is 2.67 bits per heavy atom. The maximum atomic E-state index is 13.2.